The summed E-state index contributed by atoms with van der Waals surface area (Å²) in [6.45, 7) is 9.09. The third-order valence-corrected chi connectivity index (χ3v) is 2.52. The Morgan fingerprint density at radius 3 is 2.47 bits per heavy atom. The van der Waals surface area contributed by atoms with Crippen LogP contribution in [0, 0.1) is 12.3 Å². The molecule has 0 aliphatic carbocycles. The van der Waals surface area contributed by atoms with Gasteiger partial charge in [-0.3, -0.25) is 4.79 Å². The molecular weight excluding hydrogens is 212 g/mol. The lowest BCUT2D eigenvalue weighted by Crippen LogP contribution is -2.27. The van der Waals surface area contributed by atoms with Crippen LogP contribution in [0.25, 0.3) is 0 Å². The number of anilines is 1. The van der Waals surface area contributed by atoms with Crippen LogP contribution in [-0.4, -0.2) is 12.5 Å². The van der Waals surface area contributed by atoms with Crippen LogP contribution in [0.2, 0.25) is 0 Å². The van der Waals surface area contributed by atoms with E-state index in [0.717, 1.165) is 12.0 Å². The number of carbonyl (C=O) groups excluding carboxylic acids is 1. The first-order chi connectivity index (χ1) is 7.78. The molecule has 0 aliphatic heterocycles. The highest BCUT2D eigenvalue weighted by molar-refractivity contribution is 5.95. The number of amides is 1. The lowest BCUT2D eigenvalue weighted by Gasteiger charge is -2.18. The van der Waals surface area contributed by atoms with Gasteiger partial charge in [0.25, 0.3) is 5.91 Å². The minimum absolute atomic E-state index is 0.0512. The summed E-state index contributed by atoms with van der Waals surface area (Å²) in [6.07, 6.45) is 0.958. The Morgan fingerprint density at radius 2 is 1.94 bits per heavy atom. The molecule has 3 heteroatoms. The van der Waals surface area contributed by atoms with Crippen LogP contribution in [0.3, 0.4) is 0 Å². The molecule has 0 saturated carbocycles. The van der Waals surface area contributed by atoms with Gasteiger partial charge in [-0.05, 0) is 42.5 Å². The van der Waals surface area contributed by atoms with Gasteiger partial charge in [-0.15, -0.1) is 0 Å². The average molecular weight is 234 g/mol. The number of carbonyl (C=O) groups is 1. The number of nitrogen functional groups attached to an aromatic ring is 1. The van der Waals surface area contributed by atoms with Gasteiger partial charge >= 0.3 is 0 Å². The predicted molar refractivity (Wildman–Crippen MR) is 72.0 cm³/mol. The minimum atomic E-state index is -0.0512. The van der Waals surface area contributed by atoms with E-state index in [1.165, 1.54) is 0 Å². The van der Waals surface area contributed by atoms with Crippen LogP contribution in [0.1, 0.15) is 43.1 Å². The molecule has 1 aromatic rings. The van der Waals surface area contributed by atoms with Crippen molar-refractivity contribution in [1.82, 2.24) is 5.32 Å². The molecule has 1 rings (SSSR count). The van der Waals surface area contributed by atoms with Gasteiger partial charge in [0.15, 0.2) is 0 Å². The molecule has 0 aliphatic rings. The van der Waals surface area contributed by atoms with Gasteiger partial charge < -0.3 is 11.1 Å². The Bertz CT molecular complexity index is 385. The van der Waals surface area contributed by atoms with Crippen molar-refractivity contribution in [3.63, 3.8) is 0 Å². The zero-order chi connectivity index (χ0) is 13.1. The first-order valence-electron chi connectivity index (χ1n) is 5.93. The lowest BCUT2D eigenvalue weighted by atomic mass is 9.92. The fourth-order valence-corrected chi connectivity index (χ4v) is 1.60. The quantitative estimate of drug-likeness (QED) is 0.790. The molecule has 0 unspecified atom stereocenters. The van der Waals surface area contributed by atoms with Crippen molar-refractivity contribution in [2.24, 2.45) is 5.41 Å². The third kappa shape index (κ3) is 4.89. The van der Waals surface area contributed by atoms with Crippen LogP contribution in [0.4, 0.5) is 5.69 Å². The maximum Gasteiger partial charge on any atom is 0.251 e. The van der Waals surface area contributed by atoms with Crippen molar-refractivity contribution in [3.05, 3.63) is 29.3 Å². The normalized spacial score (nSPS) is 11.3. The topological polar surface area (TPSA) is 55.1 Å². The first-order valence-corrected chi connectivity index (χ1v) is 5.93. The molecule has 1 aromatic carbocycles. The van der Waals surface area contributed by atoms with Gasteiger partial charge in [0.2, 0.25) is 0 Å². The first kappa shape index (κ1) is 13.6. The van der Waals surface area contributed by atoms with Gasteiger partial charge in [-0.1, -0.05) is 20.8 Å². The van der Waals surface area contributed by atoms with Crippen molar-refractivity contribution in [2.75, 3.05) is 12.3 Å². The molecule has 3 N–H and O–H groups in total. The Hall–Kier alpha value is -1.51. The molecule has 0 spiro atoms. The van der Waals surface area contributed by atoms with E-state index in [0.29, 0.717) is 17.8 Å². The Morgan fingerprint density at radius 1 is 1.29 bits per heavy atom. The number of aryl methyl sites for hydroxylation is 1. The molecule has 0 atom stereocenters. The van der Waals surface area contributed by atoms with Crippen LogP contribution < -0.4 is 11.1 Å². The van der Waals surface area contributed by atoms with Crippen LogP contribution >= 0.6 is 0 Å². The Balaban J connectivity index is 2.58. The van der Waals surface area contributed by atoms with Crippen LogP contribution in [0.15, 0.2) is 18.2 Å². The monoisotopic (exact) mass is 234 g/mol. The summed E-state index contributed by atoms with van der Waals surface area (Å²) in [7, 11) is 0. The summed E-state index contributed by atoms with van der Waals surface area (Å²) >= 11 is 0. The lowest BCUT2D eigenvalue weighted by molar-refractivity contribution is 0.0949. The molecule has 0 radical (unpaired) electrons. The van der Waals surface area contributed by atoms with E-state index >= 15 is 0 Å². The van der Waals surface area contributed by atoms with Gasteiger partial charge in [0, 0.05) is 17.8 Å². The summed E-state index contributed by atoms with van der Waals surface area (Å²) in [4.78, 5) is 11.9. The molecule has 3 nitrogen and oxygen atoms in total. The van der Waals surface area contributed by atoms with Crippen molar-refractivity contribution >= 4 is 11.6 Å². The van der Waals surface area contributed by atoms with Crippen molar-refractivity contribution in [1.29, 1.82) is 0 Å². The van der Waals surface area contributed by atoms with Gasteiger partial charge in [-0.2, -0.15) is 0 Å². The van der Waals surface area contributed by atoms with E-state index in [-0.39, 0.29) is 11.3 Å². The number of nitrogens with one attached hydrogen (secondary N) is 1. The zero-order valence-electron chi connectivity index (χ0n) is 11.1. The highest BCUT2D eigenvalue weighted by Gasteiger charge is 2.11. The van der Waals surface area contributed by atoms with E-state index in [4.69, 9.17) is 5.73 Å². The number of benzene rings is 1. The smallest absolute Gasteiger partial charge is 0.251 e. The second-order valence-corrected chi connectivity index (χ2v) is 5.70. The highest BCUT2D eigenvalue weighted by atomic mass is 16.1. The summed E-state index contributed by atoms with van der Waals surface area (Å²) in [5, 5.41) is 2.92. The summed E-state index contributed by atoms with van der Waals surface area (Å²) in [6, 6.07) is 5.41. The second kappa shape index (κ2) is 5.21. The standard InChI is InChI=1S/C14H22N2O/c1-10-7-11(9-12(15)8-10)13(17)16-6-5-14(2,3)4/h7-9H,5-6,15H2,1-4H3,(H,16,17). The fourth-order valence-electron chi connectivity index (χ4n) is 1.60. The van der Waals surface area contributed by atoms with Gasteiger partial charge in [0.05, 0.1) is 0 Å². The maximum atomic E-state index is 11.9. The molecule has 0 fully saturated rings. The van der Waals surface area contributed by atoms with Gasteiger partial charge in [-0.25, -0.2) is 0 Å². The third-order valence-electron chi connectivity index (χ3n) is 2.52. The summed E-state index contributed by atoms with van der Waals surface area (Å²) < 4.78 is 0. The van der Waals surface area contributed by atoms with E-state index in [1.54, 1.807) is 6.07 Å². The number of nitrogens with two attached hydrogens (primary N) is 1. The molecule has 1 amide bonds. The highest BCUT2D eigenvalue weighted by Crippen LogP contribution is 2.17. The number of hydrogen-bond donors (Lipinski definition) is 2. The number of hydrogen-bond acceptors (Lipinski definition) is 2. The van der Waals surface area contributed by atoms with Crippen molar-refractivity contribution in [3.8, 4) is 0 Å². The molecular formula is C14H22N2O. The summed E-state index contributed by atoms with van der Waals surface area (Å²) in [5.74, 6) is -0.0512. The molecule has 17 heavy (non-hydrogen) atoms. The minimum Gasteiger partial charge on any atom is -0.399 e. The molecule has 0 heterocycles. The van der Waals surface area contributed by atoms with E-state index in [2.05, 4.69) is 26.1 Å². The summed E-state index contributed by atoms with van der Waals surface area (Å²) in [5.41, 5.74) is 8.22. The molecule has 0 saturated heterocycles. The second-order valence-electron chi connectivity index (χ2n) is 5.70. The average Bonchev–Trinajstić information content (AvgIpc) is 2.13. The van der Waals surface area contributed by atoms with E-state index in [9.17, 15) is 4.79 Å². The van der Waals surface area contributed by atoms with Crippen LogP contribution in [-0.2, 0) is 0 Å². The van der Waals surface area contributed by atoms with Gasteiger partial charge in [0.1, 0.15) is 0 Å². The largest absolute Gasteiger partial charge is 0.399 e. The zero-order valence-corrected chi connectivity index (χ0v) is 11.1. The molecule has 0 aromatic heterocycles. The Labute approximate surface area is 103 Å². The van der Waals surface area contributed by atoms with Crippen LogP contribution in [0.5, 0.6) is 0 Å². The SMILES string of the molecule is Cc1cc(N)cc(C(=O)NCCC(C)(C)C)c1. The maximum absolute atomic E-state index is 11.9. The molecule has 94 valence electrons. The Kier molecular flexibility index (Phi) is 4.16. The molecule has 0 bridgehead atoms. The number of rotatable bonds is 3. The predicted octanol–water partition coefficient (Wildman–Crippen LogP) is 2.74. The van der Waals surface area contributed by atoms with Crippen molar-refractivity contribution in [2.45, 2.75) is 34.1 Å². The van der Waals surface area contributed by atoms with E-state index in [1.807, 2.05) is 19.1 Å². The van der Waals surface area contributed by atoms with E-state index < -0.39 is 0 Å². The fraction of sp³-hybridized carbons (Fsp3) is 0.500. The van der Waals surface area contributed by atoms with Crippen molar-refractivity contribution < 1.29 is 4.79 Å².